The molecule has 0 aromatic rings. The first-order chi connectivity index (χ1) is 35.1. The molecule has 0 saturated carbocycles. The molecule has 1 fully saturated rings. The largest absolute Gasteiger partial charge is 0.457 e. The second-order valence-electron chi connectivity index (χ2n) is 19.1. The molecule has 1 aliphatic heterocycles. The van der Waals surface area contributed by atoms with Crippen LogP contribution in [0.25, 0.3) is 0 Å². The molecule has 72 heavy (non-hydrogen) atoms. The third kappa shape index (κ3) is 41.6. The first kappa shape index (κ1) is 67.3. The second-order valence-corrected chi connectivity index (χ2v) is 20.2. The van der Waals surface area contributed by atoms with Crippen molar-refractivity contribution in [2.24, 2.45) is 0 Å². The number of carbonyl (C=O) groups excluding carboxylic acids is 1. The topological polar surface area (TPSA) is 178 Å². The molecule has 0 radical (unpaired) electrons. The molecule has 13 heteroatoms. The molecule has 0 aromatic carbocycles. The van der Waals surface area contributed by atoms with Crippen LogP contribution >= 0.6 is 0 Å². The molecule has 12 nitrogen and oxygen atoms in total. The molecule has 0 aliphatic carbocycles. The highest BCUT2D eigenvalue weighted by atomic mass is 32.3. The molecule has 4 N–H and O–H groups in total. The Balaban J connectivity index is 2.31. The van der Waals surface area contributed by atoms with E-state index in [9.17, 15) is 33.1 Å². The van der Waals surface area contributed by atoms with Crippen LogP contribution in [-0.2, 0) is 38.3 Å². The minimum atomic E-state index is -5.07. The molecule has 6 atom stereocenters. The lowest BCUT2D eigenvalue weighted by atomic mass is 9.99. The summed E-state index contributed by atoms with van der Waals surface area (Å²) in [5, 5.41) is 30.8. The molecule has 1 rings (SSSR count). The molecule has 0 aromatic heterocycles. The van der Waals surface area contributed by atoms with Crippen molar-refractivity contribution < 1.29 is 56.2 Å². The fraction of sp³-hybridized carbons (Fsp3) is 0.746. The van der Waals surface area contributed by atoms with Crippen LogP contribution < -0.4 is 0 Å². The maximum Gasteiger partial charge on any atom is 0.397 e. The summed E-state index contributed by atoms with van der Waals surface area (Å²) in [5.74, 6) is -0.413. The van der Waals surface area contributed by atoms with Crippen LogP contribution in [0, 0.1) is 0 Å². The summed E-state index contributed by atoms with van der Waals surface area (Å²) in [6.45, 7) is 3.84. The van der Waals surface area contributed by atoms with Crippen LogP contribution in [0.3, 0.4) is 0 Å². The third-order valence-electron chi connectivity index (χ3n) is 12.5. The van der Waals surface area contributed by atoms with Gasteiger partial charge in [0.1, 0.15) is 30.5 Å². The van der Waals surface area contributed by atoms with Gasteiger partial charge in [0.15, 0.2) is 6.29 Å². The van der Waals surface area contributed by atoms with E-state index in [0.29, 0.717) is 13.0 Å². The van der Waals surface area contributed by atoms with E-state index in [1.165, 1.54) is 96.3 Å². The Morgan fingerprint density at radius 2 is 0.958 bits per heavy atom. The molecular weight excluding hydrogens is 933 g/mol. The molecule has 1 saturated heterocycles. The van der Waals surface area contributed by atoms with Crippen LogP contribution in [0.1, 0.15) is 219 Å². The van der Waals surface area contributed by atoms with Gasteiger partial charge in [-0.05, 0) is 89.9 Å². The Kier molecular flexibility index (Phi) is 46.0. The van der Waals surface area contributed by atoms with Crippen molar-refractivity contribution in [1.82, 2.24) is 0 Å². The van der Waals surface area contributed by atoms with Gasteiger partial charge in [-0.1, -0.05) is 208 Å². The molecule has 0 spiro atoms. The number of aliphatic hydroxyl groups is 3. The summed E-state index contributed by atoms with van der Waals surface area (Å²) >= 11 is 0. The number of ether oxygens (including phenoxy) is 4. The summed E-state index contributed by atoms with van der Waals surface area (Å²) < 4.78 is 59.4. The highest BCUT2D eigenvalue weighted by Crippen LogP contribution is 2.26. The fourth-order valence-corrected chi connectivity index (χ4v) is 8.77. The minimum absolute atomic E-state index is 0.0259. The maximum absolute atomic E-state index is 12.9. The average molecular weight is 1040 g/mol. The number of esters is 1. The lowest BCUT2D eigenvalue weighted by Gasteiger charge is -2.41. The Bertz CT molecular complexity index is 1570. The predicted molar refractivity (Wildman–Crippen MR) is 294 cm³/mol. The summed E-state index contributed by atoms with van der Waals surface area (Å²) in [6.07, 6.45) is 57.6. The SMILES string of the molecule is CC/C=C\C/C=C\C/C=C\C/C=C\CCCCCCCCCCCCCCCOCC(COC1OC(CO)C(O)C(OS(=O)(=O)O)C1O)OC(=O)CCCCCCCC/C=C\C/C=C\C/C=C\CCCCC. The van der Waals surface area contributed by atoms with Gasteiger partial charge in [-0.25, -0.2) is 4.18 Å². The van der Waals surface area contributed by atoms with Crippen molar-refractivity contribution in [2.45, 2.75) is 256 Å². The number of hydrogen-bond donors (Lipinski definition) is 4. The van der Waals surface area contributed by atoms with Gasteiger partial charge >= 0.3 is 16.4 Å². The summed E-state index contributed by atoms with van der Waals surface area (Å²) in [7, 11) is -5.07. The van der Waals surface area contributed by atoms with Gasteiger partial charge in [-0.3, -0.25) is 9.35 Å². The number of allylic oxidation sites excluding steroid dienone is 14. The van der Waals surface area contributed by atoms with E-state index in [0.717, 1.165) is 96.3 Å². The minimum Gasteiger partial charge on any atom is -0.457 e. The van der Waals surface area contributed by atoms with E-state index in [1.54, 1.807) is 0 Å². The highest BCUT2D eigenvalue weighted by molar-refractivity contribution is 7.80. The van der Waals surface area contributed by atoms with E-state index in [4.69, 9.17) is 18.9 Å². The number of unbranched alkanes of at least 4 members (excludes halogenated alkanes) is 22. The van der Waals surface area contributed by atoms with Gasteiger partial charge in [0.2, 0.25) is 0 Å². The standard InChI is InChI=1S/C59H102O12S/c1-3-5-7-9-11-13-15-17-19-21-23-24-25-26-27-28-29-31-33-35-37-39-41-43-45-47-49-67-51-53(52-68-59-57(63)58(71-72(64,65)66)56(62)54(50-60)70-59)69-55(61)48-46-44-42-40-38-36-34-32-30-22-20-18-16-14-12-10-8-6-4-2/h5,7,11-14,17-20,23-24,30,32,53-54,56-60,62-63H,3-4,6,8-10,15-16,21-22,25-29,31,33-52H2,1-2H3,(H,64,65,66)/b7-5-,13-11-,14-12-,19-17-,20-18-,24-23-,32-30-. The number of aliphatic hydroxyl groups excluding tert-OH is 3. The molecule has 6 unspecified atom stereocenters. The van der Waals surface area contributed by atoms with Crippen LogP contribution in [0.5, 0.6) is 0 Å². The highest BCUT2D eigenvalue weighted by Gasteiger charge is 2.48. The van der Waals surface area contributed by atoms with Crippen molar-refractivity contribution in [3.05, 3.63) is 85.1 Å². The van der Waals surface area contributed by atoms with Crippen molar-refractivity contribution in [2.75, 3.05) is 26.4 Å². The van der Waals surface area contributed by atoms with Crippen molar-refractivity contribution in [3.63, 3.8) is 0 Å². The zero-order chi connectivity index (χ0) is 52.4. The van der Waals surface area contributed by atoms with Gasteiger partial charge in [-0.15, -0.1) is 0 Å². The van der Waals surface area contributed by atoms with Crippen molar-refractivity contribution in [1.29, 1.82) is 0 Å². The van der Waals surface area contributed by atoms with E-state index in [2.05, 4.69) is 103 Å². The first-order valence-electron chi connectivity index (χ1n) is 28.3. The molecule has 1 heterocycles. The van der Waals surface area contributed by atoms with Gasteiger partial charge in [0.25, 0.3) is 0 Å². The van der Waals surface area contributed by atoms with Crippen molar-refractivity contribution >= 4 is 16.4 Å². The number of rotatable bonds is 49. The lowest BCUT2D eigenvalue weighted by Crippen LogP contribution is -2.60. The quantitative estimate of drug-likeness (QED) is 0.0196. The molecule has 0 amide bonds. The third-order valence-corrected chi connectivity index (χ3v) is 13.0. The normalized spacial score (nSPS) is 19.6. The van der Waals surface area contributed by atoms with E-state index in [-0.39, 0.29) is 19.6 Å². The average Bonchev–Trinajstić information content (AvgIpc) is 3.36. The Morgan fingerprint density at radius 3 is 1.40 bits per heavy atom. The summed E-state index contributed by atoms with van der Waals surface area (Å²) in [5.41, 5.74) is 0. The molecule has 416 valence electrons. The Morgan fingerprint density at radius 1 is 0.542 bits per heavy atom. The van der Waals surface area contributed by atoms with Gasteiger partial charge in [0, 0.05) is 13.0 Å². The van der Waals surface area contributed by atoms with Crippen LogP contribution in [0.15, 0.2) is 85.1 Å². The lowest BCUT2D eigenvalue weighted by molar-refractivity contribution is -0.301. The van der Waals surface area contributed by atoms with Gasteiger partial charge in [0.05, 0.1) is 19.8 Å². The fourth-order valence-electron chi connectivity index (χ4n) is 8.26. The number of hydrogen-bond acceptors (Lipinski definition) is 11. The second kappa shape index (κ2) is 49.2. The van der Waals surface area contributed by atoms with E-state index in [1.807, 2.05) is 0 Å². The van der Waals surface area contributed by atoms with E-state index >= 15 is 0 Å². The monoisotopic (exact) mass is 1030 g/mol. The van der Waals surface area contributed by atoms with Crippen LogP contribution in [-0.4, -0.2) is 97.5 Å². The van der Waals surface area contributed by atoms with Crippen molar-refractivity contribution in [3.8, 4) is 0 Å². The zero-order valence-electron chi connectivity index (χ0n) is 45.0. The predicted octanol–water partition coefficient (Wildman–Crippen LogP) is 14.0. The summed E-state index contributed by atoms with van der Waals surface area (Å²) in [6, 6.07) is 0. The number of carbonyl (C=O) groups is 1. The Hall–Kier alpha value is -2.72. The van der Waals surface area contributed by atoms with Crippen LogP contribution in [0.2, 0.25) is 0 Å². The smallest absolute Gasteiger partial charge is 0.397 e. The molecule has 1 aliphatic rings. The first-order valence-corrected chi connectivity index (χ1v) is 29.7. The summed E-state index contributed by atoms with van der Waals surface area (Å²) in [4.78, 5) is 12.9. The zero-order valence-corrected chi connectivity index (χ0v) is 45.8. The van der Waals surface area contributed by atoms with Gasteiger partial charge < -0.3 is 34.3 Å². The maximum atomic E-state index is 12.9. The Labute approximate surface area is 438 Å². The van der Waals surface area contributed by atoms with E-state index < -0.39 is 59.8 Å². The van der Waals surface area contributed by atoms with Crippen LogP contribution in [0.4, 0.5) is 0 Å². The molecule has 0 bridgehead atoms. The molecular formula is C59H102O12S. The van der Waals surface area contributed by atoms with Gasteiger partial charge in [-0.2, -0.15) is 8.42 Å².